The van der Waals surface area contributed by atoms with E-state index in [4.69, 9.17) is 4.74 Å². The van der Waals surface area contributed by atoms with Gasteiger partial charge in [-0.2, -0.15) is 0 Å². The zero-order valence-electron chi connectivity index (χ0n) is 16.3. The minimum atomic E-state index is -0.243. The van der Waals surface area contributed by atoms with Gasteiger partial charge < -0.3 is 4.74 Å². The van der Waals surface area contributed by atoms with Crippen LogP contribution in [0.15, 0.2) is 29.6 Å². The first kappa shape index (κ1) is 19.6. The highest BCUT2D eigenvalue weighted by Gasteiger charge is 2.44. The Balaban J connectivity index is 1.52. The van der Waals surface area contributed by atoms with Gasteiger partial charge in [0.2, 0.25) is 0 Å². The lowest BCUT2D eigenvalue weighted by atomic mass is 9.66. The van der Waals surface area contributed by atoms with Crippen molar-refractivity contribution in [2.45, 2.75) is 67.6 Å². The van der Waals surface area contributed by atoms with Crippen LogP contribution in [0.5, 0.6) is 0 Å². The first-order valence-electron chi connectivity index (χ1n) is 10.2. The van der Waals surface area contributed by atoms with Crippen molar-refractivity contribution in [3.8, 4) is 0 Å². The number of carbonyl (C=O) groups excluding carboxylic acids is 1. The van der Waals surface area contributed by atoms with Gasteiger partial charge in [0.1, 0.15) is 17.2 Å². The van der Waals surface area contributed by atoms with Crippen LogP contribution in [-0.4, -0.2) is 27.8 Å². The minimum Gasteiger partial charge on any atom is -0.469 e. The van der Waals surface area contributed by atoms with Crippen molar-refractivity contribution in [3.63, 3.8) is 0 Å². The summed E-state index contributed by atoms with van der Waals surface area (Å²) in [4.78, 5) is 20.3. The zero-order valence-corrected chi connectivity index (χ0v) is 17.1. The molecule has 2 aliphatic carbocycles. The van der Waals surface area contributed by atoms with E-state index in [9.17, 15) is 9.18 Å². The molecule has 2 aromatic rings. The third kappa shape index (κ3) is 4.32. The SMILES string of the molecule is COC(=O)CCCC1CC2CCCC(Sc3ncnc4ccc(F)cc34)(C1)C2. The second-order valence-corrected chi connectivity index (χ2v) is 9.82. The predicted molar refractivity (Wildman–Crippen MR) is 109 cm³/mol. The Kier molecular flexibility index (Phi) is 5.85. The van der Waals surface area contributed by atoms with Crippen LogP contribution < -0.4 is 0 Å². The largest absolute Gasteiger partial charge is 0.469 e. The Morgan fingerprint density at radius 2 is 2.25 bits per heavy atom. The zero-order chi connectivity index (χ0) is 19.6. The van der Waals surface area contributed by atoms with E-state index >= 15 is 0 Å². The van der Waals surface area contributed by atoms with E-state index in [2.05, 4.69) is 9.97 Å². The van der Waals surface area contributed by atoms with Crippen molar-refractivity contribution in [3.05, 3.63) is 30.3 Å². The molecule has 2 aliphatic rings. The van der Waals surface area contributed by atoms with Gasteiger partial charge in [-0.3, -0.25) is 4.79 Å². The first-order valence-corrected chi connectivity index (χ1v) is 11.0. The minimum absolute atomic E-state index is 0.116. The second kappa shape index (κ2) is 8.36. The number of ether oxygens (including phenoxy) is 1. The normalized spacial score (nSPS) is 26.9. The molecule has 1 aromatic heterocycles. The van der Waals surface area contributed by atoms with E-state index in [0.29, 0.717) is 12.3 Å². The maximum atomic E-state index is 13.8. The summed E-state index contributed by atoms with van der Waals surface area (Å²) in [5, 5.41) is 1.72. The van der Waals surface area contributed by atoms with E-state index in [1.165, 1.54) is 45.3 Å². The average Bonchev–Trinajstić information content (AvgIpc) is 2.68. The summed E-state index contributed by atoms with van der Waals surface area (Å²) < 4.78 is 18.8. The quantitative estimate of drug-likeness (QED) is 0.469. The van der Waals surface area contributed by atoms with E-state index < -0.39 is 0 Å². The number of rotatable bonds is 6. The smallest absolute Gasteiger partial charge is 0.305 e. The highest BCUT2D eigenvalue weighted by molar-refractivity contribution is 8.00. The van der Waals surface area contributed by atoms with Crippen molar-refractivity contribution >= 4 is 28.6 Å². The van der Waals surface area contributed by atoms with Crippen LogP contribution in [0.2, 0.25) is 0 Å². The molecule has 4 rings (SSSR count). The van der Waals surface area contributed by atoms with Crippen LogP contribution in [0.4, 0.5) is 4.39 Å². The Labute approximate surface area is 169 Å². The molecule has 2 bridgehead atoms. The average molecular weight is 403 g/mol. The van der Waals surface area contributed by atoms with Gasteiger partial charge in [0.25, 0.3) is 0 Å². The molecular weight excluding hydrogens is 375 g/mol. The molecule has 0 aliphatic heterocycles. The summed E-state index contributed by atoms with van der Waals surface area (Å²) in [6.07, 6.45) is 11.4. The number of aromatic nitrogens is 2. The van der Waals surface area contributed by atoms with Gasteiger partial charge in [-0.1, -0.05) is 24.6 Å². The molecule has 0 spiro atoms. The highest BCUT2D eigenvalue weighted by Crippen LogP contribution is 2.55. The third-order valence-corrected chi connectivity index (χ3v) is 7.82. The topological polar surface area (TPSA) is 52.1 Å². The van der Waals surface area contributed by atoms with Gasteiger partial charge in [0.05, 0.1) is 12.6 Å². The molecule has 0 radical (unpaired) electrons. The molecule has 3 unspecified atom stereocenters. The number of hydrogen-bond donors (Lipinski definition) is 0. The fraction of sp³-hybridized carbons (Fsp3) is 0.591. The fourth-order valence-electron chi connectivity index (χ4n) is 5.19. The molecule has 1 aromatic carbocycles. The maximum Gasteiger partial charge on any atom is 0.305 e. The summed E-state index contributed by atoms with van der Waals surface area (Å²) in [6, 6.07) is 4.75. The van der Waals surface area contributed by atoms with Crippen molar-refractivity contribution in [1.82, 2.24) is 9.97 Å². The molecule has 6 heteroatoms. The number of hydrogen-bond acceptors (Lipinski definition) is 5. The Bertz CT molecular complexity index is 862. The second-order valence-electron chi connectivity index (χ2n) is 8.36. The number of fused-ring (bicyclic) bond motifs is 3. The standard InChI is InChI=1S/C22H27FN2O2S/c1-27-20(26)6-2-4-15-10-16-5-3-9-22(12-15,13-16)28-21-18-11-17(23)7-8-19(18)24-14-25-21/h7-8,11,14-16H,2-6,9-10,12-13H2,1H3. The van der Waals surface area contributed by atoms with Crippen LogP contribution in [-0.2, 0) is 9.53 Å². The lowest BCUT2D eigenvalue weighted by molar-refractivity contribution is -0.140. The maximum absolute atomic E-state index is 13.8. The predicted octanol–water partition coefficient (Wildman–Crippen LogP) is 5.54. The monoisotopic (exact) mass is 402 g/mol. The molecule has 0 saturated heterocycles. The van der Waals surface area contributed by atoms with Crippen LogP contribution >= 0.6 is 11.8 Å². The van der Waals surface area contributed by atoms with Crippen LogP contribution in [0.3, 0.4) is 0 Å². The van der Waals surface area contributed by atoms with Gasteiger partial charge in [0.15, 0.2) is 0 Å². The number of methoxy groups -OCH3 is 1. The number of esters is 1. The van der Waals surface area contributed by atoms with Gasteiger partial charge in [-0.25, -0.2) is 14.4 Å². The van der Waals surface area contributed by atoms with E-state index in [1.54, 1.807) is 18.5 Å². The number of thioether (sulfide) groups is 1. The summed E-state index contributed by atoms with van der Waals surface area (Å²) in [7, 11) is 1.45. The Morgan fingerprint density at radius 3 is 3.11 bits per heavy atom. The molecule has 0 N–H and O–H groups in total. The number of benzene rings is 1. The van der Waals surface area contributed by atoms with Crippen LogP contribution in [0.25, 0.3) is 10.9 Å². The van der Waals surface area contributed by atoms with Crippen LogP contribution in [0.1, 0.15) is 57.8 Å². The molecule has 150 valence electrons. The molecule has 1 heterocycles. The van der Waals surface area contributed by atoms with Gasteiger partial charge in [-0.05, 0) is 68.6 Å². The summed E-state index contributed by atoms with van der Waals surface area (Å²) in [5.41, 5.74) is 0.799. The summed E-state index contributed by atoms with van der Waals surface area (Å²) in [6.45, 7) is 0. The number of nitrogens with zero attached hydrogens (tertiary/aromatic N) is 2. The van der Waals surface area contributed by atoms with Crippen molar-refractivity contribution in [2.75, 3.05) is 7.11 Å². The summed E-state index contributed by atoms with van der Waals surface area (Å²) in [5.74, 6) is 1.03. The molecule has 4 nitrogen and oxygen atoms in total. The first-order chi connectivity index (χ1) is 13.6. The van der Waals surface area contributed by atoms with Gasteiger partial charge in [-0.15, -0.1) is 0 Å². The van der Waals surface area contributed by atoms with Crippen molar-refractivity contribution in [2.24, 2.45) is 11.8 Å². The van der Waals surface area contributed by atoms with Crippen molar-refractivity contribution in [1.29, 1.82) is 0 Å². The van der Waals surface area contributed by atoms with Gasteiger partial charge >= 0.3 is 5.97 Å². The van der Waals surface area contributed by atoms with Crippen molar-refractivity contribution < 1.29 is 13.9 Å². The molecule has 3 atom stereocenters. The number of carbonyl (C=O) groups is 1. The molecule has 2 saturated carbocycles. The van der Waals surface area contributed by atoms with E-state index in [0.717, 1.165) is 41.1 Å². The lowest BCUT2D eigenvalue weighted by Gasteiger charge is -2.48. The molecule has 0 amide bonds. The highest BCUT2D eigenvalue weighted by atomic mass is 32.2. The Morgan fingerprint density at radius 1 is 1.36 bits per heavy atom. The van der Waals surface area contributed by atoms with E-state index in [1.807, 2.05) is 11.8 Å². The molecule has 28 heavy (non-hydrogen) atoms. The summed E-state index contributed by atoms with van der Waals surface area (Å²) >= 11 is 1.84. The Hall–Kier alpha value is -1.69. The number of halogens is 1. The van der Waals surface area contributed by atoms with E-state index in [-0.39, 0.29) is 16.5 Å². The molecular formula is C22H27FN2O2S. The third-order valence-electron chi connectivity index (χ3n) is 6.33. The molecule has 2 fully saturated rings. The van der Waals surface area contributed by atoms with Gasteiger partial charge in [0, 0.05) is 16.6 Å². The lowest BCUT2D eigenvalue weighted by Crippen LogP contribution is -2.40. The fourth-order valence-corrected chi connectivity index (χ4v) is 6.86. The van der Waals surface area contributed by atoms with Crippen LogP contribution in [0, 0.1) is 17.7 Å².